The first-order chi connectivity index (χ1) is 10.2. The molecular formula is C15H23N2O4P. The molecule has 2 N–H and O–H groups in total. The van der Waals surface area contributed by atoms with Gasteiger partial charge in [-0.3, -0.25) is 4.57 Å². The Labute approximate surface area is 130 Å². The minimum Gasteiger partial charge on any atom is -0.746 e. The number of phosphoric ester groups is 1. The third-order valence-corrected chi connectivity index (χ3v) is 4.21. The van der Waals surface area contributed by atoms with Crippen molar-refractivity contribution in [1.82, 2.24) is 4.98 Å². The maximum Gasteiger partial charge on any atom is 0.317 e. The predicted molar refractivity (Wildman–Crippen MR) is 84.6 cm³/mol. The summed E-state index contributed by atoms with van der Waals surface area (Å²) in [5.74, 6) is 0.162. The van der Waals surface area contributed by atoms with Gasteiger partial charge in [-0.05, 0) is 24.1 Å². The number of aromatic amines is 1. The van der Waals surface area contributed by atoms with Crippen LogP contribution >= 0.6 is 7.82 Å². The van der Waals surface area contributed by atoms with Gasteiger partial charge in [0.2, 0.25) is 0 Å². The maximum atomic E-state index is 11.0. The number of hydrogen-bond donors (Lipinski definition) is 2. The van der Waals surface area contributed by atoms with Gasteiger partial charge in [-0.15, -0.1) is 0 Å². The molecule has 2 rings (SSSR count). The van der Waals surface area contributed by atoms with Crippen molar-refractivity contribution in [1.29, 1.82) is 0 Å². The molecule has 1 heterocycles. The van der Waals surface area contributed by atoms with Gasteiger partial charge in [-0.25, -0.2) is 0 Å². The van der Waals surface area contributed by atoms with Crippen LogP contribution in [0.25, 0.3) is 10.9 Å². The summed E-state index contributed by atoms with van der Waals surface area (Å²) in [5, 5.41) is 0.712. The lowest BCUT2D eigenvalue weighted by Crippen LogP contribution is -2.41. The third-order valence-electron chi connectivity index (χ3n) is 3.78. The van der Waals surface area contributed by atoms with E-state index < -0.39 is 7.82 Å². The summed E-state index contributed by atoms with van der Waals surface area (Å²) < 4.78 is 16.6. The van der Waals surface area contributed by atoms with E-state index in [1.54, 1.807) is 12.1 Å². The number of nitrogens with one attached hydrogen (secondary N) is 1. The number of quaternary nitrogens is 1. The molecule has 0 spiro atoms. The van der Waals surface area contributed by atoms with E-state index in [-0.39, 0.29) is 5.75 Å². The van der Waals surface area contributed by atoms with E-state index in [1.807, 2.05) is 12.3 Å². The molecule has 1 unspecified atom stereocenters. The van der Waals surface area contributed by atoms with Crippen molar-refractivity contribution in [3.05, 3.63) is 30.0 Å². The summed E-state index contributed by atoms with van der Waals surface area (Å²) >= 11 is 0. The van der Waals surface area contributed by atoms with Crippen molar-refractivity contribution in [3.8, 4) is 5.75 Å². The van der Waals surface area contributed by atoms with E-state index in [4.69, 9.17) is 9.42 Å². The van der Waals surface area contributed by atoms with Gasteiger partial charge in [0, 0.05) is 23.5 Å². The minimum atomic E-state index is -4.82. The third kappa shape index (κ3) is 4.34. The molecule has 22 heavy (non-hydrogen) atoms. The molecule has 0 radical (unpaired) electrons. The Bertz CT molecular complexity index is 690. The molecule has 1 atom stereocenters. The molecular weight excluding hydrogens is 303 g/mol. The molecule has 0 bridgehead atoms. The normalized spacial score (nSPS) is 15.0. The fraction of sp³-hybridized carbons (Fsp3) is 0.467. The quantitative estimate of drug-likeness (QED) is 0.602. The Hall–Kier alpha value is -1.33. The number of aromatic nitrogens is 1. The van der Waals surface area contributed by atoms with Crippen LogP contribution in [0, 0.1) is 0 Å². The van der Waals surface area contributed by atoms with Crippen molar-refractivity contribution in [2.45, 2.75) is 19.8 Å². The van der Waals surface area contributed by atoms with E-state index in [0.29, 0.717) is 5.39 Å². The zero-order valence-electron chi connectivity index (χ0n) is 13.2. The molecule has 0 aliphatic heterocycles. The fourth-order valence-electron chi connectivity index (χ4n) is 2.76. The summed E-state index contributed by atoms with van der Waals surface area (Å²) in [6, 6.07) is 5.09. The molecule has 6 nitrogen and oxygen atoms in total. The SMILES string of the molecule is CCC[N+](C)(C)CCc1c[nH]c2cccc(OP(=O)([O-])O)c12. The Morgan fingerprint density at radius 3 is 2.73 bits per heavy atom. The Kier molecular flexibility index (Phi) is 4.97. The molecule has 0 saturated carbocycles. The Morgan fingerprint density at radius 1 is 1.36 bits per heavy atom. The van der Waals surface area contributed by atoms with Crippen LogP contribution in [0.3, 0.4) is 0 Å². The van der Waals surface area contributed by atoms with Crippen LogP contribution in [-0.2, 0) is 11.0 Å². The van der Waals surface area contributed by atoms with Crippen LogP contribution in [0.15, 0.2) is 24.4 Å². The van der Waals surface area contributed by atoms with Crippen LogP contribution in [-0.4, -0.2) is 41.5 Å². The van der Waals surface area contributed by atoms with Gasteiger partial charge in [-0.2, -0.15) is 0 Å². The summed E-state index contributed by atoms with van der Waals surface area (Å²) in [6.45, 7) is 4.17. The monoisotopic (exact) mass is 326 g/mol. The lowest BCUT2D eigenvalue weighted by molar-refractivity contribution is -0.890. The number of benzene rings is 1. The van der Waals surface area contributed by atoms with Crippen LogP contribution in [0.4, 0.5) is 0 Å². The van der Waals surface area contributed by atoms with Crippen molar-refractivity contribution < 1.29 is 23.4 Å². The van der Waals surface area contributed by atoms with Crippen molar-refractivity contribution in [2.75, 3.05) is 27.2 Å². The molecule has 7 heteroatoms. The molecule has 2 aromatic rings. The van der Waals surface area contributed by atoms with Gasteiger partial charge in [0.25, 0.3) is 0 Å². The van der Waals surface area contributed by atoms with Crippen molar-refractivity contribution in [2.24, 2.45) is 0 Å². The summed E-state index contributed by atoms with van der Waals surface area (Å²) in [4.78, 5) is 23.1. The van der Waals surface area contributed by atoms with Crippen LogP contribution in [0.5, 0.6) is 5.75 Å². The largest absolute Gasteiger partial charge is 0.746 e. The number of phosphoric acid groups is 1. The van der Waals surface area contributed by atoms with Crippen LogP contribution < -0.4 is 9.42 Å². The average Bonchev–Trinajstić information content (AvgIpc) is 2.79. The van der Waals surface area contributed by atoms with Crippen molar-refractivity contribution in [3.63, 3.8) is 0 Å². The van der Waals surface area contributed by atoms with Gasteiger partial charge in [0.05, 0.1) is 27.2 Å². The molecule has 122 valence electrons. The number of rotatable bonds is 7. The Morgan fingerprint density at radius 2 is 2.09 bits per heavy atom. The average molecular weight is 326 g/mol. The van der Waals surface area contributed by atoms with E-state index in [1.165, 1.54) is 0 Å². The fourth-order valence-corrected chi connectivity index (χ4v) is 3.16. The van der Waals surface area contributed by atoms with Gasteiger partial charge >= 0.3 is 7.82 Å². The smallest absolute Gasteiger partial charge is 0.317 e. The first-order valence-electron chi connectivity index (χ1n) is 7.36. The molecule has 1 aromatic carbocycles. The second kappa shape index (κ2) is 6.42. The van der Waals surface area contributed by atoms with Crippen molar-refractivity contribution >= 4 is 18.7 Å². The van der Waals surface area contributed by atoms with Gasteiger partial charge in [0.15, 0.2) is 0 Å². The maximum absolute atomic E-state index is 11.0. The van der Waals surface area contributed by atoms with Gasteiger partial charge in [-0.1, -0.05) is 13.0 Å². The summed E-state index contributed by atoms with van der Waals surface area (Å²) in [5.41, 5.74) is 1.78. The molecule has 1 aromatic heterocycles. The molecule has 0 aliphatic carbocycles. The highest BCUT2D eigenvalue weighted by molar-refractivity contribution is 7.45. The summed E-state index contributed by atoms with van der Waals surface area (Å²) in [7, 11) is -0.466. The highest BCUT2D eigenvalue weighted by Gasteiger charge is 2.17. The second-order valence-electron chi connectivity index (χ2n) is 6.19. The first-order valence-corrected chi connectivity index (χ1v) is 8.86. The van der Waals surface area contributed by atoms with Crippen LogP contribution in [0.1, 0.15) is 18.9 Å². The Balaban J connectivity index is 2.29. The molecule has 0 fully saturated rings. The number of nitrogens with zero attached hydrogens (tertiary/aromatic N) is 1. The summed E-state index contributed by atoms with van der Waals surface area (Å²) in [6.07, 6.45) is 3.78. The lowest BCUT2D eigenvalue weighted by Gasteiger charge is -2.29. The molecule has 0 aliphatic rings. The zero-order chi connectivity index (χ0) is 16.4. The zero-order valence-corrected chi connectivity index (χ0v) is 14.1. The van der Waals surface area contributed by atoms with E-state index >= 15 is 0 Å². The minimum absolute atomic E-state index is 0.162. The van der Waals surface area contributed by atoms with Gasteiger partial charge in [0.1, 0.15) is 5.75 Å². The van der Waals surface area contributed by atoms with Gasteiger partial charge < -0.3 is 23.8 Å². The van der Waals surface area contributed by atoms with E-state index in [0.717, 1.165) is 41.5 Å². The van der Waals surface area contributed by atoms with E-state index in [2.05, 4.69) is 26.0 Å². The molecule has 0 amide bonds. The standard InChI is InChI=1S/C15H23N2O4P/c1-4-9-17(2,3)10-8-12-11-16-13-6-5-7-14(15(12)13)21-22(18,19)20/h5-7,11,16H,4,8-10H2,1-3H3,(H-,18,19,20). The first kappa shape index (κ1) is 17.0. The van der Waals surface area contributed by atoms with E-state index in [9.17, 15) is 9.46 Å². The number of H-pyrrole nitrogens is 1. The predicted octanol–water partition coefficient (Wildman–Crippen LogP) is 2.04. The van der Waals surface area contributed by atoms with Crippen LogP contribution in [0.2, 0.25) is 0 Å². The highest BCUT2D eigenvalue weighted by atomic mass is 31.2. The molecule has 0 saturated heterocycles. The second-order valence-corrected chi connectivity index (χ2v) is 7.31. The number of hydrogen-bond acceptors (Lipinski definition) is 3. The number of fused-ring (bicyclic) bond motifs is 1. The lowest BCUT2D eigenvalue weighted by atomic mass is 10.1. The topological polar surface area (TPSA) is 85.4 Å². The number of likely N-dealkylation sites (N-methyl/N-ethyl adjacent to an activating group) is 1. The highest BCUT2D eigenvalue weighted by Crippen LogP contribution is 2.38.